The Balaban J connectivity index is 2.00. The number of carbonyl (C=O) groups excluding carboxylic acids is 1. The first-order chi connectivity index (χ1) is 9.74. The molecular weight excluding hydrogens is 260 g/mol. The van der Waals surface area contributed by atoms with Gasteiger partial charge in [0.15, 0.2) is 0 Å². The van der Waals surface area contributed by atoms with Crippen LogP contribution in [0.25, 0.3) is 0 Å². The lowest BCUT2D eigenvalue weighted by Gasteiger charge is -2.19. The van der Waals surface area contributed by atoms with Gasteiger partial charge in [-0.25, -0.2) is 4.79 Å². The van der Waals surface area contributed by atoms with E-state index in [9.17, 15) is 4.79 Å². The Kier molecular flexibility index (Phi) is 5.24. The van der Waals surface area contributed by atoms with Crippen LogP contribution in [0, 0.1) is 6.10 Å². The molecule has 1 saturated carbocycles. The van der Waals surface area contributed by atoms with Crippen molar-refractivity contribution < 1.29 is 24.0 Å². The molecule has 0 aliphatic heterocycles. The number of carbonyl (C=O) groups is 1. The van der Waals surface area contributed by atoms with Crippen LogP contribution in [0.3, 0.4) is 0 Å². The number of rotatable bonds is 5. The third-order valence-corrected chi connectivity index (χ3v) is 3.27. The molecule has 0 bridgehead atoms. The summed E-state index contributed by atoms with van der Waals surface area (Å²) < 4.78 is 10.2. The summed E-state index contributed by atoms with van der Waals surface area (Å²) in [5.74, 6) is 0.398. The molecule has 0 aromatic heterocycles. The molecule has 1 aromatic carbocycles. The van der Waals surface area contributed by atoms with Crippen molar-refractivity contribution in [1.82, 2.24) is 0 Å². The van der Waals surface area contributed by atoms with E-state index < -0.39 is 5.97 Å². The minimum atomic E-state index is -0.584. The first-order valence-electron chi connectivity index (χ1n) is 6.70. The molecule has 20 heavy (non-hydrogen) atoms. The summed E-state index contributed by atoms with van der Waals surface area (Å²) in [6, 6.07) is 4.94. The highest BCUT2D eigenvalue weighted by Gasteiger charge is 2.21. The van der Waals surface area contributed by atoms with Gasteiger partial charge in [0, 0.05) is 0 Å². The third-order valence-electron chi connectivity index (χ3n) is 3.27. The maximum Gasteiger partial charge on any atom is 0.376 e. The van der Waals surface area contributed by atoms with Crippen molar-refractivity contribution in [2.45, 2.75) is 32.1 Å². The lowest BCUT2D eigenvalue weighted by Crippen LogP contribution is -2.13. The van der Waals surface area contributed by atoms with Crippen LogP contribution in [0.4, 0.5) is 0 Å². The van der Waals surface area contributed by atoms with Gasteiger partial charge in [-0.2, -0.15) is 4.89 Å². The van der Waals surface area contributed by atoms with E-state index in [0.29, 0.717) is 11.5 Å². The van der Waals surface area contributed by atoms with Gasteiger partial charge in [0.1, 0.15) is 23.2 Å². The molecule has 1 radical (unpaired) electrons. The average molecular weight is 279 g/mol. The van der Waals surface area contributed by atoms with Gasteiger partial charge >= 0.3 is 5.97 Å². The maximum atomic E-state index is 12.0. The predicted molar refractivity (Wildman–Crippen MR) is 72.4 cm³/mol. The van der Waals surface area contributed by atoms with Crippen LogP contribution < -0.4 is 9.47 Å². The highest BCUT2D eigenvalue weighted by molar-refractivity contribution is 5.92. The lowest BCUT2D eigenvalue weighted by molar-refractivity contribution is -0.239. The molecule has 1 aliphatic carbocycles. The standard InChI is InChI=1S/C15H19O5/c1-17-12-8-9-14(18-2)13(10-12)15(16)20-19-11-6-4-3-5-7-11/h8-10H,3-7H2,1-2H3. The van der Waals surface area contributed by atoms with Gasteiger partial charge in [0.2, 0.25) is 0 Å². The van der Waals surface area contributed by atoms with Gasteiger partial charge in [-0.15, -0.1) is 0 Å². The smallest absolute Gasteiger partial charge is 0.376 e. The van der Waals surface area contributed by atoms with Gasteiger partial charge in [-0.1, -0.05) is 19.3 Å². The Bertz CT molecular complexity index is 452. The van der Waals surface area contributed by atoms with Crippen LogP contribution in [0.2, 0.25) is 0 Å². The molecule has 0 amide bonds. The molecule has 5 nitrogen and oxygen atoms in total. The first kappa shape index (κ1) is 14.7. The normalized spacial score (nSPS) is 15.7. The number of methoxy groups -OCH3 is 2. The fourth-order valence-electron chi connectivity index (χ4n) is 2.14. The van der Waals surface area contributed by atoms with E-state index in [1.165, 1.54) is 20.6 Å². The van der Waals surface area contributed by atoms with Gasteiger partial charge in [0.05, 0.1) is 14.2 Å². The molecule has 1 aromatic rings. The molecule has 0 N–H and O–H groups in total. The van der Waals surface area contributed by atoms with Crippen LogP contribution in [0.15, 0.2) is 18.2 Å². The lowest BCUT2D eigenvalue weighted by atomic mass is 9.98. The number of ether oxygens (including phenoxy) is 2. The molecule has 0 atom stereocenters. The SMILES string of the molecule is COc1ccc(OC)c(C(=O)OO[C]2CCCCC2)c1. The Morgan fingerprint density at radius 3 is 2.45 bits per heavy atom. The monoisotopic (exact) mass is 279 g/mol. The molecule has 109 valence electrons. The van der Waals surface area contributed by atoms with E-state index in [4.69, 9.17) is 19.2 Å². The quantitative estimate of drug-likeness (QED) is 0.611. The van der Waals surface area contributed by atoms with Crippen molar-refractivity contribution in [3.05, 3.63) is 29.9 Å². The van der Waals surface area contributed by atoms with Crippen LogP contribution in [0.5, 0.6) is 11.5 Å². The van der Waals surface area contributed by atoms with E-state index in [1.54, 1.807) is 18.2 Å². The second-order valence-corrected chi connectivity index (χ2v) is 4.62. The molecule has 2 rings (SSSR count). The molecule has 1 aliphatic rings. The topological polar surface area (TPSA) is 54.0 Å². The molecule has 0 spiro atoms. The molecule has 0 unspecified atom stereocenters. The van der Waals surface area contributed by atoms with Gasteiger partial charge < -0.3 is 9.47 Å². The summed E-state index contributed by atoms with van der Waals surface area (Å²) in [6.45, 7) is 0. The summed E-state index contributed by atoms with van der Waals surface area (Å²) in [7, 11) is 3.03. The van der Waals surface area contributed by atoms with Crippen molar-refractivity contribution in [1.29, 1.82) is 0 Å². The highest BCUT2D eigenvalue weighted by atomic mass is 17.2. The van der Waals surface area contributed by atoms with E-state index in [1.807, 2.05) is 0 Å². The Labute approximate surface area is 118 Å². The summed E-state index contributed by atoms with van der Waals surface area (Å²) in [4.78, 5) is 22.1. The second-order valence-electron chi connectivity index (χ2n) is 4.62. The Morgan fingerprint density at radius 1 is 1.05 bits per heavy atom. The largest absolute Gasteiger partial charge is 0.497 e. The summed E-state index contributed by atoms with van der Waals surface area (Å²) >= 11 is 0. The van der Waals surface area contributed by atoms with Gasteiger partial charge in [0.25, 0.3) is 0 Å². The predicted octanol–water partition coefficient (Wildman–Crippen LogP) is 3.29. The summed E-state index contributed by atoms with van der Waals surface area (Å²) in [5.41, 5.74) is 0.281. The zero-order chi connectivity index (χ0) is 14.4. The van der Waals surface area contributed by atoms with Crippen LogP contribution in [-0.2, 0) is 9.78 Å². The first-order valence-corrected chi connectivity index (χ1v) is 6.70. The van der Waals surface area contributed by atoms with Gasteiger partial charge in [-0.05, 0) is 31.0 Å². The molecule has 1 fully saturated rings. The molecule has 0 saturated heterocycles. The second kappa shape index (κ2) is 7.14. The minimum Gasteiger partial charge on any atom is -0.497 e. The number of benzene rings is 1. The minimum absolute atomic E-state index is 0.281. The van der Waals surface area contributed by atoms with Crippen LogP contribution in [0.1, 0.15) is 42.5 Å². The van der Waals surface area contributed by atoms with Crippen molar-refractivity contribution in [2.24, 2.45) is 0 Å². The van der Waals surface area contributed by atoms with E-state index in [-0.39, 0.29) is 5.56 Å². The van der Waals surface area contributed by atoms with E-state index in [2.05, 4.69) is 0 Å². The van der Waals surface area contributed by atoms with Crippen molar-refractivity contribution in [3.63, 3.8) is 0 Å². The fourth-order valence-corrected chi connectivity index (χ4v) is 2.14. The van der Waals surface area contributed by atoms with Crippen molar-refractivity contribution in [3.8, 4) is 11.5 Å². The number of hydrogen-bond donors (Lipinski definition) is 0. The van der Waals surface area contributed by atoms with Crippen molar-refractivity contribution >= 4 is 5.97 Å². The van der Waals surface area contributed by atoms with E-state index >= 15 is 0 Å². The summed E-state index contributed by atoms with van der Waals surface area (Å²) in [6.07, 6.45) is 5.88. The molecule has 0 heterocycles. The fraction of sp³-hybridized carbons (Fsp3) is 0.467. The van der Waals surface area contributed by atoms with Crippen molar-refractivity contribution in [2.75, 3.05) is 14.2 Å². The zero-order valence-electron chi connectivity index (χ0n) is 11.8. The highest BCUT2D eigenvalue weighted by Crippen LogP contribution is 2.28. The van der Waals surface area contributed by atoms with Crippen LogP contribution in [-0.4, -0.2) is 20.2 Å². The summed E-state index contributed by atoms with van der Waals surface area (Å²) in [5, 5.41) is 0. The van der Waals surface area contributed by atoms with E-state index in [0.717, 1.165) is 31.8 Å². The number of hydrogen-bond acceptors (Lipinski definition) is 5. The molecular formula is C15H19O5. The third kappa shape index (κ3) is 3.63. The Morgan fingerprint density at radius 2 is 1.80 bits per heavy atom. The molecule has 5 heteroatoms. The average Bonchev–Trinajstić information content (AvgIpc) is 2.52. The zero-order valence-corrected chi connectivity index (χ0v) is 11.8. The Hall–Kier alpha value is -1.75. The van der Waals surface area contributed by atoms with Gasteiger partial charge in [-0.3, -0.25) is 4.89 Å². The maximum absolute atomic E-state index is 12.0. The van der Waals surface area contributed by atoms with Crippen LogP contribution >= 0.6 is 0 Å².